The van der Waals surface area contributed by atoms with E-state index in [0.29, 0.717) is 23.3 Å². The first kappa shape index (κ1) is 16.2. The monoisotopic (exact) mass is 342 g/mol. The molecular formula is C18H16ClFN4. The van der Waals surface area contributed by atoms with Gasteiger partial charge >= 0.3 is 0 Å². The molecule has 0 saturated heterocycles. The fraction of sp³-hybridized carbons (Fsp3) is 0.111. The van der Waals surface area contributed by atoms with E-state index in [1.54, 1.807) is 6.07 Å². The number of hydrogen-bond donors (Lipinski definition) is 2. The van der Waals surface area contributed by atoms with Crippen LogP contribution in [-0.2, 0) is 0 Å². The summed E-state index contributed by atoms with van der Waals surface area (Å²) in [6.45, 7) is 2.64. The number of halogens is 2. The third kappa shape index (κ3) is 3.81. The fourth-order valence-corrected chi connectivity index (χ4v) is 2.41. The summed E-state index contributed by atoms with van der Waals surface area (Å²) in [5.41, 5.74) is 1.96. The maximum absolute atomic E-state index is 13.9. The Balaban J connectivity index is 2.00. The lowest BCUT2D eigenvalue weighted by Gasteiger charge is -2.11. The van der Waals surface area contributed by atoms with E-state index in [1.165, 1.54) is 18.2 Å². The first-order valence-electron chi connectivity index (χ1n) is 7.56. The van der Waals surface area contributed by atoms with Crippen molar-refractivity contribution in [3.8, 4) is 11.3 Å². The van der Waals surface area contributed by atoms with Gasteiger partial charge in [0.1, 0.15) is 11.6 Å². The van der Waals surface area contributed by atoms with E-state index in [2.05, 4.69) is 20.6 Å². The van der Waals surface area contributed by atoms with Crippen molar-refractivity contribution in [2.24, 2.45) is 0 Å². The third-order valence-electron chi connectivity index (χ3n) is 3.32. The molecule has 1 heterocycles. The Morgan fingerprint density at radius 3 is 2.58 bits per heavy atom. The van der Waals surface area contributed by atoms with Crippen molar-refractivity contribution >= 4 is 29.1 Å². The van der Waals surface area contributed by atoms with Gasteiger partial charge in [-0.1, -0.05) is 41.9 Å². The summed E-state index contributed by atoms with van der Waals surface area (Å²) in [4.78, 5) is 8.86. The van der Waals surface area contributed by atoms with Crippen molar-refractivity contribution in [1.29, 1.82) is 0 Å². The van der Waals surface area contributed by atoms with Crippen LogP contribution in [-0.4, -0.2) is 16.5 Å². The minimum atomic E-state index is -0.399. The molecule has 0 bridgehead atoms. The van der Waals surface area contributed by atoms with Gasteiger partial charge < -0.3 is 10.6 Å². The lowest BCUT2D eigenvalue weighted by Crippen LogP contribution is -2.06. The SMILES string of the molecule is CCNc1nc(Nc2cc(Cl)ccc2F)cc(-c2ccccc2)n1. The molecule has 0 radical (unpaired) electrons. The van der Waals surface area contributed by atoms with E-state index in [4.69, 9.17) is 11.6 Å². The molecule has 1 aromatic heterocycles. The molecule has 0 amide bonds. The number of hydrogen-bond acceptors (Lipinski definition) is 4. The summed E-state index contributed by atoms with van der Waals surface area (Å²) in [7, 11) is 0. The quantitative estimate of drug-likeness (QED) is 0.676. The molecule has 6 heteroatoms. The number of benzene rings is 2. The highest BCUT2D eigenvalue weighted by atomic mass is 35.5. The van der Waals surface area contributed by atoms with Crippen molar-refractivity contribution in [2.45, 2.75) is 6.92 Å². The Morgan fingerprint density at radius 1 is 1.04 bits per heavy atom. The number of nitrogens with zero attached hydrogens (tertiary/aromatic N) is 2. The van der Waals surface area contributed by atoms with Gasteiger partial charge in [0.25, 0.3) is 0 Å². The van der Waals surface area contributed by atoms with Crippen LogP contribution < -0.4 is 10.6 Å². The molecule has 2 N–H and O–H groups in total. The largest absolute Gasteiger partial charge is 0.354 e. The molecule has 24 heavy (non-hydrogen) atoms. The Kier molecular flexibility index (Phi) is 4.91. The molecule has 0 atom stereocenters. The van der Waals surface area contributed by atoms with E-state index in [1.807, 2.05) is 37.3 Å². The minimum absolute atomic E-state index is 0.266. The van der Waals surface area contributed by atoms with Gasteiger partial charge in [0.2, 0.25) is 5.95 Å². The van der Waals surface area contributed by atoms with Crippen molar-refractivity contribution in [3.05, 3.63) is 65.4 Å². The van der Waals surface area contributed by atoms with Crippen LogP contribution in [0.3, 0.4) is 0 Å². The molecular weight excluding hydrogens is 327 g/mol. The van der Waals surface area contributed by atoms with Crippen molar-refractivity contribution in [3.63, 3.8) is 0 Å². The van der Waals surface area contributed by atoms with Crippen LogP contribution in [0.5, 0.6) is 0 Å². The summed E-state index contributed by atoms with van der Waals surface area (Å²) in [5, 5.41) is 6.51. The molecule has 0 fully saturated rings. The molecule has 0 saturated carbocycles. The average molecular weight is 343 g/mol. The summed E-state index contributed by atoms with van der Waals surface area (Å²) < 4.78 is 13.9. The highest BCUT2D eigenvalue weighted by molar-refractivity contribution is 6.30. The highest BCUT2D eigenvalue weighted by Crippen LogP contribution is 2.26. The summed E-state index contributed by atoms with van der Waals surface area (Å²) in [6.07, 6.45) is 0. The fourth-order valence-electron chi connectivity index (χ4n) is 2.24. The Bertz CT molecular complexity index is 840. The molecule has 0 aliphatic rings. The maximum atomic E-state index is 13.9. The molecule has 3 rings (SSSR count). The molecule has 0 aliphatic heterocycles. The first-order chi connectivity index (χ1) is 11.7. The Labute approximate surface area is 144 Å². The number of anilines is 3. The predicted molar refractivity (Wildman–Crippen MR) is 96.3 cm³/mol. The zero-order valence-corrected chi connectivity index (χ0v) is 13.8. The molecule has 2 aromatic carbocycles. The van der Waals surface area contributed by atoms with Crippen LogP contribution >= 0.6 is 11.6 Å². The summed E-state index contributed by atoms with van der Waals surface area (Å²) >= 11 is 5.94. The lowest BCUT2D eigenvalue weighted by molar-refractivity contribution is 0.632. The molecule has 0 unspecified atom stereocenters. The maximum Gasteiger partial charge on any atom is 0.225 e. The molecule has 0 spiro atoms. The number of nitrogens with one attached hydrogen (secondary N) is 2. The second-order valence-electron chi connectivity index (χ2n) is 5.11. The summed E-state index contributed by atoms with van der Waals surface area (Å²) in [5.74, 6) is 0.564. The zero-order valence-electron chi connectivity index (χ0n) is 13.1. The van der Waals surface area contributed by atoms with Gasteiger partial charge in [-0.15, -0.1) is 0 Å². The van der Waals surface area contributed by atoms with E-state index in [-0.39, 0.29) is 5.69 Å². The zero-order chi connectivity index (χ0) is 16.9. The van der Waals surface area contributed by atoms with Gasteiger partial charge in [-0.25, -0.2) is 9.37 Å². The topological polar surface area (TPSA) is 49.8 Å². The molecule has 4 nitrogen and oxygen atoms in total. The van der Waals surface area contributed by atoms with Crippen LogP contribution in [0, 0.1) is 5.82 Å². The van der Waals surface area contributed by atoms with Crippen LogP contribution in [0.4, 0.5) is 21.8 Å². The van der Waals surface area contributed by atoms with E-state index in [9.17, 15) is 4.39 Å². The second-order valence-corrected chi connectivity index (χ2v) is 5.54. The van der Waals surface area contributed by atoms with Crippen LogP contribution in [0.1, 0.15) is 6.92 Å². The lowest BCUT2D eigenvalue weighted by atomic mass is 10.1. The van der Waals surface area contributed by atoms with Crippen LogP contribution in [0.25, 0.3) is 11.3 Å². The Morgan fingerprint density at radius 2 is 1.83 bits per heavy atom. The van der Waals surface area contributed by atoms with Gasteiger partial charge in [-0.2, -0.15) is 4.98 Å². The Hall–Kier alpha value is -2.66. The summed E-state index contributed by atoms with van der Waals surface area (Å²) in [6, 6.07) is 15.9. The van der Waals surface area contributed by atoms with Crippen LogP contribution in [0.15, 0.2) is 54.6 Å². The molecule has 122 valence electrons. The van der Waals surface area contributed by atoms with Crippen molar-refractivity contribution in [2.75, 3.05) is 17.2 Å². The second kappa shape index (κ2) is 7.27. The third-order valence-corrected chi connectivity index (χ3v) is 3.56. The smallest absolute Gasteiger partial charge is 0.225 e. The van der Waals surface area contributed by atoms with Crippen molar-refractivity contribution < 1.29 is 4.39 Å². The van der Waals surface area contributed by atoms with Gasteiger partial charge in [-0.3, -0.25) is 0 Å². The normalized spacial score (nSPS) is 10.5. The minimum Gasteiger partial charge on any atom is -0.354 e. The van der Waals surface area contributed by atoms with E-state index >= 15 is 0 Å². The van der Waals surface area contributed by atoms with Gasteiger partial charge in [-0.05, 0) is 25.1 Å². The first-order valence-corrected chi connectivity index (χ1v) is 7.94. The van der Waals surface area contributed by atoms with E-state index < -0.39 is 5.82 Å². The average Bonchev–Trinajstić information content (AvgIpc) is 2.59. The van der Waals surface area contributed by atoms with E-state index in [0.717, 1.165) is 11.3 Å². The van der Waals surface area contributed by atoms with Gasteiger partial charge in [0.05, 0.1) is 11.4 Å². The molecule has 0 aliphatic carbocycles. The predicted octanol–water partition coefficient (Wildman–Crippen LogP) is 5.11. The van der Waals surface area contributed by atoms with Crippen molar-refractivity contribution in [1.82, 2.24) is 9.97 Å². The van der Waals surface area contributed by atoms with Crippen LogP contribution in [0.2, 0.25) is 5.02 Å². The van der Waals surface area contributed by atoms with Gasteiger partial charge in [0.15, 0.2) is 0 Å². The molecule has 3 aromatic rings. The number of rotatable bonds is 5. The van der Waals surface area contributed by atoms with Gasteiger partial charge in [0, 0.05) is 23.2 Å². The number of aromatic nitrogens is 2. The highest BCUT2D eigenvalue weighted by Gasteiger charge is 2.09. The standard InChI is InChI=1S/C18H16ClFN4/c1-2-21-18-23-15(12-6-4-3-5-7-12)11-17(24-18)22-16-10-13(19)8-9-14(16)20/h3-11H,2H2,1H3,(H2,21,22,23,24).